The van der Waals surface area contributed by atoms with Gasteiger partial charge in [-0.25, -0.2) is 13.4 Å². The van der Waals surface area contributed by atoms with Crippen LogP contribution in [0.4, 0.5) is 18.9 Å². The molecule has 1 N–H and O–H groups in total. The van der Waals surface area contributed by atoms with Gasteiger partial charge in [-0.3, -0.25) is 14.1 Å². The van der Waals surface area contributed by atoms with E-state index in [2.05, 4.69) is 9.71 Å². The molecule has 0 spiro atoms. The molecule has 1 heterocycles. The molecule has 0 aliphatic carbocycles. The minimum Gasteiger partial charge on any atom is -0.278 e. The van der Waals surface area contributed by atoms with Gasteiger partial charge in [0.05, 0.1) is 37.8 Å². The average molecular weight is 494 g/mol. The first-order chi connectivity index (χ1) is 15.5. The van der Waals surface area contributed by atoms with E-state index in [1.165, 1.54) is 22.8 Å². The molecule has 0 unspecified atom stereocenters. The average Bonchev–Trinajstić information content (AvgIpc) is 2.75. The molecule has 0 bridgehead atoms. The fourth-order valence-corrected chi connectivity index (χ4v) is 4.66. The summed E-state index contributed by atoms with van der Waals surface area (Å²) < 4.78 is 68.0. The van der Waals surface area contributed by atoms with Crippen molar-refractivity contribution in [2.24, 2.45) is 0 Å². The summed E-state index contributed by atoms with van der Waals surface area (Å²) in [4.78, 5) is 16.8. The Morgan fingerprint density at radius 3 is 2.45 bits per heavy atom. The predicted molar refractivity (Wildman–Crippen MR) is 119 cm³/mol. The van der Waals surface area contributed by atoms with Gasteiger partial charge in [0.1, 0.15) is 5.82 Å². The zero-order valence-electron chi connectivity index (χ0n) is 16.9. The van der Waals surface area contributed by atoms with Crippen molar-refractivity contribution < 1.29 is 21.6 Å². The molecule has 0 aliphatic heterocycles. The number of anilines is 1. The van der Waals surface area contributed by atoms with Gasteiger partial charge in [0.15, 0.2) is 0 Å². The Morgan fingerprint density at radius 1 is 1.00 bits per heavy atom. The Labute approximate surface area is 191 Å². The highest BCUT2D eigenvalue weighted by Crippen LogP contribution is 2.32. The Bertz CT molecular complexity index is 1550. The molecule has 0 radical (unpaired) electrons. The first-order valence-corrected chi connectivity index (χ1v) is 11.3. The van der Waals surface area contributed by atoms with E-state index in [9.17, 15) is 26.4 Å². The molecule has 170 valence electrons. The number of benzene rings is 3. The van der Waals surface area contributed by atoms with Crippen molar-refractivity contribution in [3.63, 3.8) is 0 Å². The number of halogens is 4. The maximum absolute atomic E-state index is 13.0. The van der Waals surface area contributed by atoms with Crippen LogP contribution in [0.2, 0.25) is 5.02 Å². The minimum atomic E-state index is -4.70. The molecule has 1 aromatic heterocycles. The minimum absolute atomic E-state index is 0.00579. The first-order valence-electron chi connectivity index (χ1n) is 9.46. The quantitative estimate of drug-likeness (QED) is 0.425. The fourth-order valence-electron chi connectivity index (χ4n) is 3.32. The molecule has 4 aromatic rings. The Morgan fingerprint density at radius 2 is 1.73 bits per heavy atom. The van der Waals surface area contributed by atoms with E-state index >= 15 is 0 Å². The summed E-state index contributed by atoms with van der Waals surface area (Å²) in [7, 11) is -4.41. The smallest absolute Gasteiger partial charge is 0.278 e. The second-order valence-corrected chi connectivity index (χ2v) is 9.20. The second kappa shape index (κ2) is 8.20. The van der Waals surface area contributed by atoms with Crippen LogP contribution in [-0.2, 0) is 16.2 Å². The standard InChI is InChI=1S/C22H15ClF3N3O3S/c1-13-27-19-8-3-2-7-17(19)21(30)29(13)15-9-10-18(23)20(12-15)28-33(31,32)16-6-4-5-14(11-16)22(24,25)26/h2-12,28H,1H3. The lowest BCUT2D eigenvalue weighted by atomic mass is 10.2. The number of nitrogens with zero attached hydrogens (tertiary/aromatic N) is 2. The number of aromatic nitrogens is 2. The molecule has 4 rings (SSSR count). The Hall–Kier alpha value is -3.37. The van der Waals surface area contributed by atoms with Crippen molar-refractivity contribution >= 4 is 38.2 Å². The third-order valence-electron chi connectivity index (χ3n) is 4.87. The largest absolute Gasteiger partial charge is 0.416 e. The van der Waals surface area contributed by atoms with Gasteiger partial charge in [-0.1, -0.05) is 29.8 Å². The van der Waals surface area contributed by atoms with Crippen molar-refractivity contribution in [3.05, 3.63) is 93.5 Å². The van der Waals surface area contributed by atoms with Crippen molar-refractivity contribution in [2.75, 3.05) is 4.72 Å². The summed E-state index contributed by atoms with van der Waals surface area (Å²) >= 11 is 6.15. The SMILES string of the molecule is Cc1nc2ccccc2c(=O)n1-c1ccc(Cl)c(NS(=O)(=O)c2cccc(C(F)(F)F)c2)c1. The number of alkyl halides is 3. The number of nitrogens with one attached hydrogen (secondary N) is 1. The molecule has 33 heavy (non-hydrogen) atoms. The molecule has 11 heteroatoms. The molecule has 0 saturated carbocycles. The number of para-hydroxylation sites is 1. The Balaban J connectivity index is 1.78. The van der Waals surface area contributed by atoms with E-state index in [-0.39, 0.29) is 22.0 Å². The van der Waals surface area contributed by atoms with E-state index in [4.69, 9.17) is 11.6 Å². The van der Waals surface area contributed by atoms with Gasteiger partial charge in [0.2, 0.25) is 0 Å². The van der Waals surface area contributed by atoms with Crippen molar-refractivity contribution in [3.8, 4) is 5.69 Å². The summed E-state index contributed by atoms with van der Waals surface area (Å²) in [5.74, 6) is 0.354. The highest BCUT2D eigenvalue weighted by Gasteiger charge is 2.31. The molecule has 0 saturated heterocycles. The number of sulfonamides is 1. The fraction of sp³-hybridized carbons (Fsp3) is 0.0909. The van der Waals surface area contributed by atoms with Gasteiger partial charge in [-0.2, -0.15) is 13.2 Å². The third kappa shape index (κ3) is 4.44. The van der Waals surface area contributed by atoms with Crippen LogP contribution in [0.5, 0.6) is 0 Å². The molecule has 0 fully saturated rings. The van der Waals surface area contributed by atoms with E-state index < -0.39 is 26.7 Å². The van der Waals surface area contributed by atoms with Gasteiger partial charge >= 0.3 is 6.18 Å². The lowest BCUT2D eigenvalue weighted by Crippen LogP contribution is -2.22. The van der Waals surface area contributed by atoms with E-state index in [1.54, 1.807) is 31.2 Å². The van der Waals surface area contributed by atoms with Crippen LogP contribution in [0.3, 0.4) is 0 Å². The molecule has 0 aliphatic rings. The lowest BCUT2D eigenvalue weighted by molar-refractivity contribution is -0.137. The van der Waals surface area contributed by atoms with Crippen LogP contribution in [0.15, 0.2) is 76.4 Å². The predicted octanol–water partition coefficient (Wildman–Crippen LogP) is 5.17. The van der Waals surface area contributed by atoms with E-state index in [1.807, 2.05) is 0 Å². The summed E-state index contributed by atoms with van der Waals surface area (Å²) in [5, 5.41) is 0.359. The third-order valence-corrected chi connectivity index (χ3v) is 6.56. The number of aryl methyl sites for hydroxylation is 1. The van der Waals surface area contributed by atoms with E-state index in [0.717, 1.165) is 18.2 Å². The molecular weight excluding hydrogens is 479 g/mol. The van der Waals surface area contributed by atoms with Crippen LogP contribution in [0.1, 0.15) is 11.4 Å². The van der Waals surface area contributed by atoms with Crippen molar-refractivity contribution in [1.29, 1.82) is 0 Å². The summed E-state index contributed by atoms with van der Waals surface area (Å²) in [6, 6.07) is 14.3. The zero-order chi connectivity index (χ0) is 24.0. The van der Waals surface area contributed by atoms with Gasteiger partial charge in [0.25, 0.3) is 15.6 Å². The van der Waals surface area contributed by atoms with Gasteiger partial charge in [0, 0.05) is 0 Å². The molecule has 0 atom stereocenters. The summed E-state index contributed by atoms with van der Waals surface area (Å²) in [5.41, 5.74) is -0.787. The maximum atomic E-state index is 13.0. The highest BCUT2D eigenvalue weighted by molar-refractivity contribution is 7.92. The summed E-state index contributed by atoms with van der Waals surface area (Å²) in [6.45, 7) is 1.62. The number of hydrogen-bond donors (Lipinski definition) is 1. The van der Waals surface area contributed by atoms with Crippen LogP contribution in [0.25, 0.3) is 16.6 Å². The normalized spacial score (nSPS) is 12.2. The van der Waals surface area contributed by atoms with Crippen molar-refractivity contribution in [1.82, 2.24) is 9.55 Å². The molecular formula is C22H15ClF3N3O3S. The van der Waals surface area contributed by atoms with Gasteiger partial charge in [-0.05, 0) is 55.5 Å². The van der Waals surface area contributed by atoms with E-state index in [0.29, 0.717) is 22.8 Å². The van der Waals surface area contributed by atoms with Gasteiger partial charge in [-0.15, -0.1) is 0 Å². The lowest BCUT2D eigenvalue weighted by Gasteiger charge is -2.15. The monoisotopic (exact) mass is 493 g/mol. The number of fused-ring (bicyclic) bond motifs is 1. The van der Waals surface area contributed by atoms with Crippen LogP contribution >= 0.6 is 11.6 Å². The Kier molecular flexibility index (Phi) is 5.67. The molecule has 6 nitrogen and oxygen atoms in total. The number of rotatable bonds is 4. The topological polar surface area (TPSA) is 81.1 Å². The second-order valence-electron chi connectivity index (χ2n) is 7.11. The van der Waals surface area contributed by atoms with Gasteiger partial charge < -0.3 is 0 Å². The number of hydrogen-bond acceptors (Lipinski definition) is 4. The van der Waals surface area contributed by atoms with Crippen LogP contribution in [-0.4, -0.2) is 18.0 Å². The zero-order valence-corrected chi connectivity index (χ0v) is 18.5. The molecule has 3 aromatic carbocycles. The molecule has 0 amide bonds. The van der Waals surface area contributed by atoms with Crippen LogP contribution < -0.4 is 10.3 Å². The van der Waals surface area contributed by atoms with Crippen LogP contribution in [0, 0.1) is 6.92 Å². The highest BCUT2D eigenvalue weighted by atomic mass is 35.5. The maximum Gasteiger partial charge on any atom is 0.416 e. The first kappa shape index (κ1) is 22.8. The van der Waals surface area contributed by atoms with Crippen molar-refractivity contribution in [2.45, 2.75) is 18.0 Å². The summed E-state index contributed by atoms with van der Waals surface area (Å²) in [6.07, 6.45) is -4.70.